The second-order valence-corrected chi connectivity index (χ2v) is 3.28. The zero-order valence-corrected chi connectivity index (χ0v) is 8.02. The van der Waals surface area contributed by atoms with Gasteiger partial charge in [0.1, 0.15) is 0 Å². The van der Waals surface area contributed by atoms with E-state index in [1.54, 1.807) is 6.07 Å². The molecule has 0 fully saturated rings. The first-order valence-corrected chi connectivity index (χ1v) is 4.48. The van der Waals surface area contributed by atoms with Gasteiger partial charge in [-0.2, -0.15) is 8.78 Å². The van der Waals surface area contributed by atoms with Crippen LogP contribution in [0.4, 0.5) is 8.78 Å². The van der Waals surface area contributed by atoms with Crippen molar-refractivity contribution in [3.8, 4) is 0 Å². The summed E-state index contributed by atoms with van der Waals surface area (Å²) in [6.07, 6.45) is 2.76. The standard InChI is InChI=1S/C11H7F2NO2/c12-11(13,10(15)16)9-3-1-2-7-6-14-5-4-8(7)9/h1-6H,(H,15,16). The molecule has 0 aliphatic rings. The van der Waals surface area contributed by atoms with Gasteiger partial charge in [-0.15, -0.1) is 0 Å². The molecule has 82 valence electrons. The van der Waals surface area contributed by atoms with E-state index < -0.39 is 17.5 Å². The molecular weight excluding hydrogens is 216 g/mol. The van der Waals surface area contributed by atoms with Gasteiger partial charge in [-0.3, -0.25) is 4.98 Å². The summed E-state index contributed by atoms with van der Waals surface area (Å²) >= 11 is 0. The van der Waals surface area contributed by atoms with Crippen LogP contribution in [0.15, 0.2) is 36.7 Å². The Morgan fingerprint density at radius 3 is 2.75 bits per heavy atom. The Labute approximate surface area is 89.3 Å². The average molecular weight is 223 g/mol. The van der Waals surface area contributed by atoms with Crippen LogP contribution in [0, 0.1) is 0 Å². The molecule has 0 amide bonds. The fraction of sp³-hybridized carbons (Fsp3) is 0.0909. The molecule has 0 aliphatic carbocycles. The Bertz CT molecular complexity index is 549. The first-order valence-electron chi connectivity index (χ1n) is 4.48. The SMILES string of the molecule is O=C(O)C(F)(F)c1cccc2cnccc12. The highest BCUT2D eigenvalue weighted by Crippen LogP contribution is 2.33. The van der Waals surface area contributed by atoms with Crippen LogP contribution in [0.3, 0.4) is 0 Å². The van der Waals surface area contributed by atoms with E-state index in [2.05, 4.69) is 4.98 Å². The summed E-state index contributed by atoms with van der Waals surface area (Å²) in [6.45, 7) is 0. The molecule has 5 heteroatoms. The van der Waals surface area contributed by atoms with Crippen molar-refractivity contribution in [2.75, 3.05) is 0 Å². The van der Waals surface area contributed by atoms with Crippen LogP contribution in [0.5, 0.6) is 0 Å². The number of hydrogen-bond donors (Lipinski definition) is 1. The summed E-state index contributed by atoms with van der Waals surface area (Å²) in [5, 5.41) is 9.17. The number of alkyl halides is 2. The van der Waals surface area contributed by atoms with Crippen LogP contribution in [0.1, 0.15) is 5.56 Å². The highest BCUT2D eigenvalue weighted by Gasteiger charge is 2.42. The van der Waals surface area contributed by atoms with E-state index in [0.29, 0.717) is 5.39 Å². The minimum Gasteiger partial charge on any atom is -0.477 e. The van der Waals surface area contributed by atoms with Gasteiger partial charge in [0.15, 0.2) is 0 Å². The number of hydrogen-bond acceptors (Lipinski definition) is 2. The molecule has 0 aliphatic heterocycles. The third kappa shape index (κ3) is 1.50. The van der Waals surface area contributed by atoms with Crippen molar-refractivity contribution in [2.24, 2.45) is 0 Å². The maximum absolute atomic E-state index is 13.4. The fourth-order valence-corrected chi connectivity index (χ4v) is 1.51. The van der Waals surface area contributed by atoms with Crippen molar-refractivity contribution < 1.29 is 18.7 Å². The average Bonchev–Trinajstić information content (AvgIpc) is 2.28. The first-order chi connectivity index (χ1) is 7.53. The lowest BCUT2D eigenvalue weighted by Gasteiger charge is -2.13. The summed E-state index contributed by atoms with van der Waals surface area (Å²) in [7, 11) is 0. The van der Waals surface area contributed by atoms with E-state index in [-0.39, 0.29) is 5.39 Å². The number of benzene rings is 1. The second kappa shape index (κ2) is 3.52. The molecule has 0 atom stereocenters. The Kier molecular flexibility index (Phi) is 2.30. The molecule has 0 spiro atoms. The zero-order chi connectivity index (χ0) is 11.8. The predicted molar refractivity (Wildman–Crippen MR) is 53.3 cm³/mol. The van der Waals surface area contributed by atoms with Crippen molar-refractivity contribution in [2.45, 2.75) is 5.92 Å². The van der Waals surface area contributed by atoms with Crippen LogP contribution in [0.2, 0.25) is 0 Å². The van der Waals surface area contributed by atoms with Crippen LogP contribution in [-0.4, -0.2) is 16.1 Å². The minimum atomic E-state index is -3.89. The van der Waals surface area contributed by atoms with Gasteiger partial charge in [0.25, 0.3) is 0 Å². The molecule has 1 aromatic carbocycles. The van der Waals surface area contributed by atoms with Crippen molar-refractivity contribution in [3.05, 3.63) is 42.2 Å². The number of pyridine rings is 1. The largest absolute Gasteiger partial charge is 0.477 e. The van der Waals surface area contributed by atoms with Gasteiger partial charge >= 0.3 is 11.9 Å². The molecule has 0 bridgehead atoms. The lowest BCUT2D eigenvalue weighted by Crippen LogP contribution is -2.25. The van der Waals surface area contributed by atoms with E-state index in [4.69, 9.17) is 5.11 Å². The van der Waals surface area contributed by atoms with Gasteiger partial charge in [-0.1, -0.05) is 18.2 Å². The van der Waals surface area contributed by atoms with Crippen molar-refractivity contribution >= 4 is 16.7 Å². The summed E-state index contributed by atoms with van der Waals surface area (Å²) < 4.78 is 26.8. The van der Waals surface area contributed by atoms with Gasteiger partial charge in [0, 0.05) is 23.3 Å². The molecule has 0 saturated carbocycles. The smallest absolute Gasteiger partial charge is 0.379 e. The number of carbonyl (C=O) groups is 1. The third-order valence-corrected chi connectivity index (χ3v) is 2.29. The van der Waals surface area contributed by atoms with E-state index in [1.165, 1.54) is 24.5 Å². The number of carboxylic acids is 1. The monoisotopic (exact) mass is 223 g/mol. The molecule has 2 aromatic rings. The molecule has 2 rings (SSSR count). The maximum Gasteiger partial charge on any atom is 0.379 e. The Balaban J connectivity index is 2.74. The Hall–Kier alpha value is -2.04. The predicted octanol–water partition coefficient (Wildman–Crippen LogP) is 2.41. The normalized spacial score (nSPS) is 11.6. The quantitative estimate of drug-likeness (QED) is 0.850. The van der Waals surface area contributed by atoms with Crippen LogP contribution in [0.25, 0.3) is 10.8 Å². The summed E-state index contributed by atoms with van der Waals surface area (Å²) in [6, 6.07) is 5.47. The lowest BCUT2D eigenvalue weighted by atomic mass is 10.0. The van der Waals surface area contributed by atoms with E-state index in [9.17, 15) is 13.6 Å². The second-order valence-electron chi connectivity index (χ2n) is 3.28. The molecule has 16 heavy (non-hydrogen) atoms. The molecule has 0 radical (unpaired) electrons. The molecular formula is C11H7F2NO2. The Morgan fingerprint density at radius 2 is 2.06 bits per heavy atom. The fourth-order valence-electron chi connectivity index (χ4n) is 1.51. The van der Waals surface area contributed by atoms with E-state index >= 15 is 0 Å². The number of halogens is 2. The number of carboxylic acid groups (broad SMARTS) is 1. The van der Waals surface area contributed by atoms with Crippen molar-refractivity contribution in [3.63, 3.8) is 0 Å². The first kappa shape index (κ1) is 10.5. The van der Waals surface area contributed by atoms with Gasteiger partial charge < -0.3 is 5.11 Å². The summed E-state index contributed by atoms with van der Waals surface area (Å²) in [5.41, 5.74) is -0.514. The highest BCUT2D eigenvalue weighted by atomic mass is 19.3. The van der Waals surface area contributed by atoms with Crippen LogP contribution in [-0.2, 0) is 10.7 Å². The van der Waals surface area contributed by atoms with Crippen molar-refractivity contribution in [1.82, 2.24) is 4.98 Å². The number of fused-ring (bicyclic) bond motifs is 1. The number of nitrogens with zero attached hydrogens (tertiary/aromatic N) is 1. The maximum atomic E-state index is 13.4. The third-order valence-electron chi connectivity index (χ3n) is 2.29. The summed E-state index contributed by atoms with van der Waals surface area (Å²) in [4.78, 5) is 14.3. The molecule has 0 saturated heterocycles. The number of rotatable bonds is 2. The van der Waals surface area contributed by atoms with Gasteiger partial charge in [0.2, 0.25) is 0 Å². The molecule has 1 N–H and O–H groups in total. The highest BCUT2D eigenvalue weighted by molar-refractivity contribution is 5.90. The van der Waals surface area contributed by atoms with Gasteiger partial charge in [0.05, 0.1) is 0 Å². The molecule has 0 unspecified atom stereocenters. The van der Waals surface area contributed by atoms with E-state index in [0.717, 1.165) is 6.07 Å². The minimum absolute atomic E-state index is 0.199. The van der Waals surface area contributed by atoms with Gasteiger partial charge in [-0.05, 0) is 11.5 Å². The van der Waals surface area contributed by atoms with E-state index in [1.807, 2.05) is 0 Å². The Morgan fingerprint density at radius 1 is 1.31 bits per heavy atom. The lowest BCUT2D eigenvalue weighted by molar-refractivity contribution is -0.166. The van der Waals surface area contributed by atoms with Crippen LogP contribution < -0.4 is 0 Å². The van der Waals surface area contributed by atoms with Crippen LogP contribution >= 0.6 is 0 Å². The molecule has 1 heterocycles. The topological polar surface area (TPSA) is 50.2 Å². The number of aliphatic carboxylic acids is 1. The number of aromatic nitrogens is 1. The summed E-state index contributed by atoms with van der Waals surface area (Å²) in [5.74, 6) is -6.04. The van der Waals surface area contributed by atoms with Gasteiger partial charge in [-0.25, -0.2) is 4.79 Å². The molecule has 3 nitrogen and oxygen atoms in total. The molecule has 1 aromatic heterocycles. The zero-order valence-electron chi connectivity index (χ0n) is 8.02. The van der Waals surface area contributed by atoms with Crippen molar-refractivity contribution in [1.29, 1.82) is 0 Å².